The Hall–Kier alpha value is -3.15. The minimum atomic E-state index is -0.970. The van der Waals surface area contributed by atoms with Gasteiger partial charge in [-0.3, -0.25) is 14.4 Å². The topological polar surface area (TPSA) is 84.5 Å². The first kappa shape index (κ1) is 18.2. The zero-order chi connectivity index (χ0) is 18.2. The molecule has 0 fully saturated rings. The van der Waals surface area contributed by atoms with E-state index in [0.717, 1.165) is 5.56 Å². The van der Waals surface area contributed by atoms with Crippen LogP contribution in [0.1, 0.15) is 22.8 Å². The van der Waals surface area contributed by atoms with Crippen LogP contribution in [0.3, 0.4) is 0 Å². The molecule has 25 heavy (non-hydrogen) atoms. The Kier molecular flexibility index (Phi) is 6.28. The van der Waals surface area contributed by atoms with Crippen LogP contribution in [0.15, 0.2) is 54.6 Å². The van der Waals surface area contributed by atoms with Crippen LogP contribution in [-0.4, -0.2) is 30.4 Å². The van der Waals surface area contributed by atoms with Crippen molar-refractivity contribution >= 4 is 23.5 Å². The molecule has 0 spiro atoms. The van der Waals surface area contributed by atoms with Crippen LogP contribution in [0.2, 0.25) is 0 Å². The first-order valence-corrected chi connectivity index (χ1v) is 7.86. The van der Waals surface area contributed by atoms with E-state index in [0.29, 0.717) is 11.3 Å². The van der Waals surface area contributed by atoms with E-state index in [9.17, 15) is 14.4 Å². The molecule has 0 radical (unpaired) electrons. The smallest absolute Gasteiger partial charge is 0.326 e. The maximum Gasteiger partial charge on any atom is 0.326 e. The average molecular weight is 340 g/mol. The highest BCUT2D eigenvalue weighted by molar-refractivity contribution is 5.97. The van der Waals surface area contributed by atoms with Gasteiger partial charge in [-0.15, -0.1) is 0 Å². The first-order valence-electron chi connectivity index (χ1n) is 7.86. The highest BCUT2D eigenvalue weighted by Gasteiger charge is 2.18. The van der Waals surface area contributed by atoms with Crippen molar-refractivity contribution < 1.29 is 19.1 Å². The second kappa shape index (κ2) is 8.63. The Bertz CT molecular complexity index is 742. The molecule has 130 valence electrons. The minimum Gasteiger partial charge on any atom is -0.451 e. The van der Waals surface area contributed by atoms with Crippen molar-refractivity contribution in [2.45, 2.75) is 20.0 Å². The molecule has 0 aliphatic carbocycles. The molecule has 2 aromatic carbocycles. The van der Waals surface area contributed by atoms with Gasteiger partial charge < -0.3 is 15.4 Å². The lowest BCUT2D eigenvalue weighted by Gasteiger charge is -2.14. The van der Waals surface area contributed by atoms with Crippen LogP contribution in [0, 0.1) is 6.92 Å². The minimum absolute atomic E-state index is 0.310. The Morgan fingerprint density at radius 2 is 1.64 bits per heavy atom. The number of carbonyl (C=O) groups excluding carboxylic acids is 3. The first-order chi connectivity index (χ1) is 12.0. The van der Waals surface area contributed by atoms with Crippen molar-refractivity contribution in [2.24, 2.45) is 0 Å². The maximum absolute atomic E-state index is 12.0. The van der Waals surface area contributed by atoms with Gasteiger partial charge in [0.2, 0.25) is 0 Å². The second-order valence-corrected chi connectivity index (χ2v) is 5.54. The van der Waals surface area contributed by atoms with Crippen molar-refractivity contribution in [3.8, 4) is 0 Å². The standard InChI is InChI=1S/C19H20N2O4/c1-13-8-10-16(11-9-13)21-18(23)14(2)25-17(22)12-20-19(24)15-6-4-3-5-7-15/h3-11,14H,12H2,1-2H3,(H,20,24)(H,21,23). The van der Waals surface area contributed by atoms with E-state index < -0.39 is 18.0 Å². The lowest BCUT2D eigenvalue weighted by atomic mass is 10.2. The molecule has 0 aliphatic rings. The Morgan fingerprint density at radius 3 is 2.28 bits per heavy atom. The molecular formula is C19H20N2O4. The molecule has 6 nitrogen and oxygen atoms in total. The lowest BCUT2D eigenvalue weighted by Crippen LogP contribution is -2.35. The molecule has 6 heteroatoms. The second-order valence-electron chi connectivity index (χ2n) is 5.54. The molecule has 2 N–H and O–H groups in total. The molecule has 0 saturated heterocycles. The number of rotatable bonds is 6. The zero-order valence-electron chi connectivity index (χ0n) is 14.1. The number of anilines is 1. The SMILES string of the molecule is Cc1ccc(NC(=O)C(C)OC(=O)CNC(=O)c2ccccc2)cc1. The molecule has 0 aliphatic heterocycles. The highest BCUT2D eigenvalue weighted by Crippen LogP contribution is 2.09. The summed E-state index contributed by atoms with van der Waals surface area (Å²) in [6.07, 6.45) is -0.970. The summed E-state index contributed by atoms with van der Waals surface area (Å²) in [7, 11) is 0. The van der Waals surface area contributed by atoms with Crippen LogP contribution < -0.4 is 10.6 Å². The number of hydrogen-bond acceptors (Lipinski definition) is 4. The fraction of sp³-hybridized carbons (Fsp3) is 0.211. The van der Waals surface area contributed by atoms with Crippen LogP contribution in [0.4, 0.5) is 5.69 Å². The van der Waals surface area contributed by atoms with Gasteiger partial charge >= 0.3 is 5.97 Å². The summed E-state index contributed by atoms with van der Waals surface area (Å²) in [6, 6.07) is 15.8. The van der Waals surface area contributed by atoms with Crippen molar-refractivity contribution in [1.29, 1.82) is 0 Å². The zero-order valence-corrected chi connectivity index (χ0v) is 14.1. The molecule has 2 amide bonds. The number of nitrogens with one attached hydrogen (secondary N) is 2. The fourth-order valence-corrected chi connectivity index (χ4v) is 2.02. The summed E-state index contributed by atoms with van der Waals surface area (Å²) in [5, 5.41) is 5.12. The third-order valence-corrected chi connectivity index (χ3v) is 3.43. The third-order valence-electron chi connectivity index (χ3n) is 3.43. The van der Waals surface area contributed by atoms with Gasteiger partial charge in [0.1, 0.15) is 6.54 Å². The summed E-state index contributed by atoms with van der Waals surface area (Å²) in [6.45, 7) is 3.11. The van der Waals surface area contributed by atoms with Crippen molar-refractivity contribution in [2.75, 3.05) is 11.9 Å². The maximum atomic E-state index is 12.0. The number of benzene rings is 2. The lowest BCUT2D eigenvalue weighted by molar-refractivity contribution is -0.152. The summed E-state index contributed by atoms with van der Waals surface area (Å²) in [4.78, 5) is 35.6. The van der Waals surface area contributed by atoms with Gasteiger partial charge in [0.15, 0.2) is 6.10 Å². The third kappa shape index (κ3) is 5.76. The number of ether oxygens (including phenoxy) is 1. The van der Waals surface area contributed by atoms with E-state index in [2.05, 4.69) is 10.6 Å². The van der Waals surface area contributed by atoms with Crippen molar-refractivity contribution in [3.05, 3.63) is 65.7 Å². The van der Waals surface area contributed by atoms with E-state index in [1.54, 1.807) is 42.5 Å². The largest absolute Gasteiger partial charge is 0.451 e. The van der Waals surface area contributed by atoms with Crippen LogP contribution in [0.25, 0.3) is 0 Å². The normalized spacial score (nSPS) is 11.3. The fourth-order valence-electron chi connectivity index (χ4n) is 2.02. The molecule has 1 atom stereocenters. The monoisotopic (exact) mass is 340 g/mol. The summed E-state index contributed by atoms with van der Waals surface area (Å²) < 4.78 is 5.03. The van der Waals surface area contributed by atoms with Gasteiger partial charge in [0, 0.05) is 11.3 Å². The van der Waals surface area contributed by atoms with Crippen LogP contribution in [0.5, 0.6) is 0 Å². The molecule has 2 rings (SSSR count). The van der Waals surface area contributed by atoms with Crippen LogP contribution in [-0.2, 0) is 14.3 Å². The highest BCUT2D eigenvalue weighted by atomic mass is 16.5. The molecule has 0 heterocycles. The van der Waals surface area contributed by atoms with Crippen LogP contribution >= 0.6 is 0 Å². The Morgan fingerprint density at radius 1 is 1.00 bits per heavy atom. The predicted molar refractivity (Wildman–Crippen MR) is 94.1 cm³/mol. The molecule has 0 saturated carbocycles. The summed E-state index contributed by atoms with van der Waals surface area (Å²) in [5.41, 5.74) is 2.14. The number of esters is 1. The quantitative estimate of drug-likeness (QED) is 0.790. The molecule has 0 bridgehead atoms. The van der Waals surface area contributed by atoms with E-state index >= 15 is 0 Å². The van der Waals surface area contributed by atoms with Gasteiger partial charge in [0.25, 0.3) is 11.8 Å². The number of aryl methyl sites for hydroxylation is 1. The Labute approximate surface area is 146 Å². The van der Waals surface area contributed by atoms with Gasteiger partial charge in [-0.2, -0.15) is 0 Å². The van der Waals surface area contributed by atoms with E-state index in [4.69, 9.17) is 4.74 Å². The van der Waals surface area contributed by atoms with E-state index in [1.165, 1.54) is 6.92 Å². The molecule has 0 aromatic heterocycles. The molecule has 2 aromatic rings. The van der Waals surface area contributed by atoms with E-state index in [-0.39, 0.29) is 12.5 Å². The van der Waals surface area contributed by atoms with Crippen molar-refractivity contribution in [3.63, 3.8) is 0 Å². The van der Waals surface area contributed by atoms with Gasteiger partial charge in [0.05, 0.1) is 0 Å². The van der Waals surface area contributed by atoms with Gasteiger partial charge in [-0.25, -0.2) is 0 Å². The van der Waals surface area contributed by atoms with E-state index in [1.807, 2.05) is 19.1 Å². The number of carbonyl (C=O) groups is 3. The summed E-state index contributed by atoms with van der Waals surface area (Å²) >= 11 is 0. The molecular weight excluding hydrogens is 320 g/mol. The number of amides is 2. The molecule has 1 unspecified atom stereocenters. The average Bonchev–Trinajstić information content (AvgIpc) is 2.62. The number of hydrogen-bond donors (Lipinski definition) is 2. The van der Waals surface area contributed by atoms with Gasteiger partial charge in [-0.1, -0.05) is 35.9 Å². The van der Waals surface area contributed by atoms with Gasteiger partial charge in [-0.05, 0) is 38.1 Å². The van der Waals surface area contributed by atoms with Crippen molar-refractivity contribution in [1.82, 2.24) is 5.32 Å². The summed E-state index contributed by atoms with van der Waals surface area (Å²) in [5.74, 6) is -1.50. The Balaban J connectivity index is 1.78. The predicted octanol–water partition coefficient (Wildman–Crippen LogP) is 2.30.